The van der Waals surface area contributed by atoms with Gasteiger partial charge in [-0.25, -0.2) is 9.59 Å². The molecule has 0 aliphatic heterocycles. The third-order valence-corrected chi connectivity index (χ3v) is 6.91. The summed E-state index contributed by atoms with van der Waals surface area (Å²) in [6, 6.07) is 26.1. The third-order valence-electron chi connectivity index (χ3n) is 6.91. The lowest BCUT2D eigenvalue weighted by molar-refractivity contribution is -0.0559. The number of hydrogen-bond acceptors (Lipinski definition) is 4. The zero-order valence-electron chi connectivity index (χ0n) is 17.6. The predicted molar refractivity (Wildman–Crippen MR) is 117 cm³/mol. The molecule has 0 amide bonds. The Morgan fingerprint density at radius 3 is 1.39 bits per heavy atom. The van der Waals surface area contributed by atoms with Gasteiger partial charge in [-0.15, -0.1) is 0 Å². The van der Waals surface area contributed by atoms with Gasteiger partial charge in [0.05, 0.1) is 11.1 Å². The highest BCUT2D eigenvalue weighted by Crippen LogP contribution is 2.62. The molecule has 0 saturated heterocycles. The Balaban J connectivity index is 1.54. The monoisotopic (exact) mass is 412 g/mol. The average molecular weight is 412 g/mol. The molecule has 2 aliphatic carbocycles. The van der Waals surface area contributed by atoms with Gasteiger partial charge in [-0.1, -0.05) is 74.5 Å². The molecule has 2 bridgehead atoms. The molecule has 4 unspecified atom stereocenters. The molecule has 0 N–H and O–H groups in total. The predicted octanol–water partition coefficient (Wildman–Crippen LogP) is 5.07. The lowest BCUT2D eigenvalue weighted by Gasteiger charge is -2.40. The Morgan fingerprint density at radius 1 is 0.645 bits per heavy atom. The maximum atomic E-state index is 13.0. The summed E-state index contributed by atoms with van der Waals surface area (Å²) in [5.41, 5.74) is 2.43. The van der Waals surface area contributed by atoms with E-state index in [4.69, 9.17) is 9.47 Å². The van der Waals surface area contributed by atoms with Crippen molar-refractivity contribution in [3.63, 3.8) is 0 Å². The number of rotatable bonds is 4. The highest BCUT2D eigenvalue weighted by Gasteiger charge is 2.67. The third kappa shape index (κ3) is 2.97. The van der Waals surface area contributed by atoms with Crippen LogP contribution >= 0.6 is 0 Å². The fourth-order valence-electron chi connectivity index (χ4n) is 5.51. The van der Waals surface area contributed by atoms with Crippen molar-refractivity contribution in [1.29, 1.82) is 0 Å². The van der Waals surface area contributed by atoms with Gasteiger partial charge in [0.1, 0.15) is 12.2 Å². The van der Waals surface area contributed by atoms with Crippen LogP contribution in [-0.2, 0) is 20.3 Å². The number of carbonyl (C=O) groups excluding carboxylic acids is 2. The highest BCUT2D eigenvalue weighted by atomic mass is 16.6. The maximum Gasteiger partial charge on any atom is 0.338 e. The summed E-state index contributed by atoms with van der Waals surface area (Å²) in [7, 11) is 0. The van der Waals surface area contributed by atoms with Crippen molar-refractivity contribution >= 4 is 11.9 Å². The van der Waals surface area contributed by atoms with E-state index in [1.807, 2.05) is 48.5 Å². The highest BCUT2D eigenvalue weighted by molar-refractivity contribution is 5.90. The lowest BCUT2D eigenvalue weighted by Crippen LogP contribution is -2.50. The fraction of sp³-hybridized carbons (Fsp3) is 0.259. The Kier molecular flexibility index (Phi) is 4.47. The van der Waals surface area contributed by atoms with Crippen molar-refractivity contribution < 1.29 is 19.1 Å². The van der Waals surface area contributed by atoms with Crippen LogP contribution in [0, 0.1) is 0 Å². The van der Waals surface area contributed by atoms with E-state index in [1.165, 1.54) is 0 Å². The molecule has 3 aromatic carbocycles. The standard InChI is InChI=1S/C27H24O4/c1-26-17-27(2,21-16-10-9-15-20(21)26)23(31-25(29)19-13-7-4-8-14-19)22(26)30-24(28)18-11-5-3-6-12-18/h3-16,22-23H,17H2,1-2H3. The number of carbonyl (C=O) groups is 2. The van der Waals surface area contributed by atoms with Gasteiger partial charge in [-0.05, 0) is 41.8 Å². The Bertz CT molecular complexity index is 1050. The molecule has 1 fully saturated rings. The van der Waals surface area contributed by atoms with Crippen LogP contribution in [0.3, 0.4) is 0 Å². The van der Waals surface area contributed by atoms with Crippen LogP contribution in [0.5, 0.6) is 0 Å². The smallest absolute Gasteiger partial charge is 0.338 e. The minimum Gasteiger partial charge on any atom is -0.454 e. The summed E-state index contributed by atoms with van der Waals surface area (Å²) in [5, 5.41) is 0. The van der Waals surface area contributed by atoms with E-state index in [2.05, 4.69) is 26.0 Å². The second-order valence-corrected chi connectivity index (χ2v) is 8.94. The summed E-state index contributed by atoms with van der Waals surface area (Å²) in [6.07, 6.45) is -0.403. The second kappa shape index (κ2) is 7.09. The number of fused-ring (bicyclic) bond motifs is 5. The van der Waals surface area contributed by atoms with E-state index in [-0.39, 0.29) is 0 Å². The SMILES string of the molecule is CC12CC(C)(c3ccccc31)C(OC(=O)c1ccccc1)C2OC(=O)c1ccccc1. The van der Waals surface area contributed by atoms with Crippen LogP contribution in [0.25, 0.3) is 0 Å². The van der Waals surface area contributed by atoms with Gasteiger partial charge in [0.2, 0.25) is 0 Å². The lowest BCUT2D eigenvalue weighted by atomic mass is 9.74. The summed E-state index contributed by atoms with van der Waals surface area (Å²) in [4.78, 5) is 25.9. The molecule has 5 rings (SSSR count). The molecule has 0 radical (unpaired) electrons. The molecule has 4 nitrogen and oxygen atoms in total. The second-order valence-electron chi connectivity index (χ2n) is 8.94. The Morgan fingerprint density at radius 2 is 1.00 bits per heavy atom. The molecule has 4 heteroatoms. The van der Waals surface area contributed by atoms with Gasteiger partial charge in [-0.3, -0.25) is 0 Å². The number of hydrogen-bond donors (Lipinski definition) is 0. The van der Waals surface area contributed by atoms with Crippen molar-refractivity contribution in [1.82, 2.24) is 0 Å². The summed E-state index contributed by atoms with van der Waals surface area (Å²) < 4.78 is 12.2. The van der Waals surface area contributed by atoms with E-state index >= 15 is 0 Å². The van der Waals surface area contributed by atoms with Crippen LogP contribution in [0.2, 0.25) is 0 Å². The fourth-order valence-corrected chi connectivity index (χ4v) is 5.51. The quantitative estimate of drug-likeness (QED) is 0.562. The zero-order valence-corrected chi connectivity index (χ0v) is 17.6. The first-order valence-corrected chi connectivity index (χ1v) is 10.6. The topological polar surface area (TPSA) is 52.6 Å². The largest absolute Gasteiger partial charge is 0.454 e. The molecule has 2 aliphatic rings. The van der Waals surface area contributed by atoms with Crippen LogP contribution < -0.4 is 0 Å². The van der Waals surface area contributed by atoms with E-state index in [1.54, 1.807) is 24.3 Å². The minimum absolute atomic E-state index is 0.402. The zero-order chi connectivity index (χ0) is 21.6. The van der Waals surface area contributed by atoms with Crippen molar-refractivity contribution in [3.8, 4) is 0 Å². The van der Waals surface area contributed by atoms with E-state index in [9.17, 15) is 9.59 Å². The van der Waals surface area contributed by atoms with Crippen molar-refractivity contribution in [2.75, 3.05) is 0 Å². The van der Waals surface area contributed by atoms with Crippen LogP contribution in [0.1, 0.15) is 52.1 Å². The van der Waals surface area contributed by atoms with Crippen LogP contribution in [0.4, 0.5) is 0 Å². The van der Waals surface area contributed by atoms with Crippen LogP contribution in [-0.4, -0.2) is 24.1 Å². The van der Waals surface area contributed by atoms with Gasteiger partial charge in [0, 0.05) is 10.8 Å². The number of benzene rings is 3. The maximum absolute atomic E-state index is 13.0. The molecule has 0 aromatic heterocycles. The van der Waals surface area contributed by atoms with Crippen LogP contribution in [0.15, 0.2) is 84.9 Å². The van der Waals surface area contributed by atoms with Gasteiger partial charge in [-0.2, -0.15) is 0 Å². The van der Waals surface area contributed by atoms with Crippen molar-refractivity contribution in [2.24, 2.45) is 0 Å². The number of esters is 2. The van der Waals surface area contributed by atoms with E-state index in [0.717, 1.165) is 17.5 Å². The minimum atomic E-state index is -0.576. The molecule has 4 atom stereocenters. The molecule has 3 aromatic rings. The average Bonchev–Trinajstić information content (AvgIpc) is 3.17. The molecular weight excluding hydrogens is 388 g/mol. The van der Waals surface area contributed by atoms with E-state index < -0.39 is 35.0 Å². The first kappa shape index (κ1) is 19.6. The Labute approximate surface area is 181 Å². The normalized spacial score (nSPS) is 28.1. The van der Waals surface area contributed by atoms with Crippen molar-refractivity contribution in [3.05, 3.63) is 107 Å². The molecule has 156 valence electrons. The molecule has 0 heterocycles. The summed E-state index contributed by atoms with van der Waals surface area (Å²) in [6.45, 7) is 4.22. The van der Waals surface area contributed by atoms with Crippen molar-refractivity contribution in [2.45, 2.75) is 43.3 Å². The molecular formula is C27H24O4. The Hall–Kier alpha value is -3.40. The molecule has 31 heavy (non-hydrogen) atoms. The number of ether oxygens (including phenoxy) is 2. The molecule has 1 saturated carbocycles. The summed E-state index contributed by atoms with van der Waals surface area (Å²) in [5.74, 6) is -0.803. The molecule has 0 spiro atoms. The van der Waals surface area contributed by atoms with Gasteiger partial charge < -0.3 is 9.47 Å². The first-order chi connectivity index (χ1) is 14.9. The first-order valence-electron chi connectivity index (χ1n) is 10.6. The van der Waals surface area contributed by atoms with E-state index in [0.29, 0.717) is 11.1 Å². The van der Waals surface area contributed by atoms with Gasteiger partial charge in [0.25, 0.3) is 0 Å². The summed E-state index contributed by atoms with van der Waals surface area (Å²) >= 11 is 0. The van der Waals surface area contributed by atoms with Gasteiger partial charge >= 0.3 is 11.9 Å². The van der Waals surface area contributed by atoms with Gasteiger partial charge in [0.15, 0.2) is 0 Å².